The molecule has 0 aromatic heterocycles. The molecule has 2 fully saturated rings. The van der Waals surface area contributed by atoms with E-state index < -0.39 is 0 Å². The Morgan fingerprint density at radius 3 is 2.58 bits per heavy atom. The average Bonchev–Trinajstić information content (AvgIpc) is 2.90. The molecule has 0 saturated carbocycles. The van der Waals surface area contributed by atoms with E-state index >= 15 is 0 Å². The van der Waals surface area contributed by atoms with Crippen LogP contribution in [0.25, 0.3) is 6.08 Å². The number of thioether (sulfide) groups is 1. The summed E-state index contributed by atoms with van der Waals surface area (Å²) >= 11 is 6.56. The molecule has 0 unspecified atom stereocenters. The number of carbonyl (C=O) groups excluding carboxylic acids is 2. The Morgan fingerprint density at radius 1 is 1.31 bits per heavy atom. The molecule has 1 aromatic rings. The molecule has 2 amide bonds. The summed E-state index contributed by atoms with van der Waals surface area (Å²) < 4.78 is 5.57. The summed E-state index contributed by atoms with van der Waals surface area (Å²) in [5, 5.41) is 0. The fraction of sp³-hybridized carbons (Fsp3) is 0.389. The molecule has 0 spiro atoms. The molecule has 8 heteroatoms. The van der Waals surface area contributed by atoms with Gasteiger partial charge in [0.2, 0.25) is 5.91 Å². The van der Waals surface area contributed by atoms with Gasteiger partial charge in [-0.05, 0) is 23.8 Å². The molecule has 138 valence electrons. The third kappa shape index (κ3) is 4.25. The minimum Gasteiger partial charge on any atom is -0.497 e. The number of amides is 2. The minimum absolute atomic E-state index is 0.0175. The van der Waals surface area contributed by atoms with Crippen LogP contribution < -0.4 is 9.64 Å². The number of quaternary nitrogens is 1. The Bertz CT molecular complexity index is 741. The van der Waals surface area contributed by atoms with Crippen LogP contribution in [0.1, 0.15) is 5.56 Å². The molecule has 0 radical (unpaired) electrons. The lowest BCUT2D eigenvalue weighted by Crippen LogP contribution is -3.12. The monoisotopic (exact) mass is 392 g/mol. The van der Waals surface area contributed by atoms with Gasteiger partial charge in [0.05, 0.1) is 45.2 Å². The number of hydrogen-bond acceptors (Lipinski definition) is 5. The van der Waals surface area contributed by atoms with Gasteiger partial charge in [0, 0.05) is 0 Å². The van der Waals surface area contributed by atoms with Crippen molar-refractivity contribution in [1.29, 1.82) is 0 Å². The molecule has 2 heterocycles. The molecule has 0 aliphatic carbocycles. The predicted octanol–water partition coefficient (Wildman–Crippen LogP) is 0.253. The first kappa shape index (κ1) is 18.9. The Kier molecular flexibility index (Phi) is 5.95. The molecular formula is C18H22N3O3S2+. The van der Waals surface area contributed by atoms with Crippen LogP contribution >= 0.6 is 24.0 Å². The number of thiocarbonyl (C=S) groups is 1. The topological polar surface area (TPSA) is 54.3 Å². The van der Waals surface area contributed by atoms with Gasteiger partial charge < -0.3 is 14.5 Å². The lowest BCUT2D eigenvalue weighted by atomic mass is 10.2. The second-order valence-corrected chi connectivity index (χ2v) is 8.05. The van der Waals surface area contributed by atoms with Crippen LogP contribution in [0.2, 0.25) is 0 Å². The number of nitrogens with zero attached hydrogens (tertiary/aromatic N) is 2. The zero-order chi connectivity index (χ0) is 18.7. The summed E-state index contributed by atoms with van der Waals surface area (Å²) in [6.07, 6.45) is 1.79. The highest BCUT2D eigenvalue weighted by Crippen LogP contribution is 2.32. The van der Waals surface area contributed by atoms with Crippen molar-refractivity contribution in [2.24, 2.45) is 0 Å². The first-order chi connectivity index (χ1) is 12.5. The molecule has 26 heavy (non-hydrogen) atoms. The van der Waals surface area contributed by atoms with Crippen molar-refractivity contribution >= 4 is 46.2 Å². The summed E-state index contributed by atoms with van der Waals surface area (Å²) in [4.78, 5) is 30.4. The third-order valence-corrected chi connectivity index (χ3v) is 5.93. The molecule has 2 aliphatic rings. The number of ether oxygens (including phenoxy) is 1. The van der Waals surface area contributed by atoms with Crippen molar-refractivity contribution in [3.05, 3.63) is 34.7 Å². The summed E-state index contributed by atoms with van der Waals surface area (Å²) in [5.41, 5.74) is 0.889. The van der Waals surface area contributed by atoms with Gasteiger partial charge in [-0.1, -0.05) is 36.1 Å². The number of piperazine rings is 1. The molecule has 0 atom stereocenters. The molecule has 1 N–H and O–H groups in total. The maximum atomic E-state index is 12.7. The van der Waals surface area contributed by atoms with Crippen LogP contribution in [-0.4, -0.2) is 72.8 Å². The smallest absolute Gasteiger partial charge is 0.266 e. The van der Waals surface area contributed by atoms with Crippen molar-refractivity contribution in [1.82, 2.24) is 9.80 Å². The molecule has 2 aliphatic heterocycles. The van der Waals surface area contributed by atoms with Crippen molar-refractivity contribution in [2.45, 2.75) is 0 Å². The Balaban J connectivity index is 1.66. The van der Waals surface area contributed by atoms with Crippen molar-refractivity contribution < 1.29 is 19.2 Å². The van der Waals surface area contributed by atoms with Gasteiger partial charge in [0.15, 0.2) is 0 Å². The van der Waals surface area contributed by atoms with Gasteiger partial charge in [-0.3, -0.25) is 14.5 Å². The van der Waals surface area contributed by atoms with E-state index in [2.05, 4.69) is 7.05 Å². The molecule has 6 nitrogen and oxygen atoms in total. The van der Waals surface area contributed by atoms with Crippen molar-refractivity contribution in [2.75, 3.05) is 46.9 Å². The van der Waals surface area contributed by atoms with E-state index in [4.69, 9.17) is 17.0 Å². The van der Waals surface area contributed by atoms with Crippen LogP contribution in [0.15, 0.2) is 29.2 Å². The number of rotatable bonds is 4. The number of likely N-dealkylation sites (N-methyl/N-ethyl adjacent to an activating group) is 1. The Labute approximate surface area is 162 Å². The normalized spacial score (nSPS) is 20.2. The summed E-state index contributed by atoms with van der Waals surface area (Å²) in [6, 6.07) is 7.43. The Hall–Kier alpha value is -1.90. The van der Waals surface area contributed by atoms with E-state index in [1.165, 1.54) is 21.6 Å². The molecule has 2 saturated heterocycles. The fourth-order valence-electron chi connectivity index (χ4n) is 2.86. The van der Waals surface area contributed by atoms with Gasteiger partial charge in [-0.15, -0.1) is 0 Å². The molecule has 3 rings (SSSR count). The van der Waals surface area contributed by atoms with Gasteiger partial charge in [0.1, 0.15) is 16.6 Å². The van der Waals surface area contributed by atoms with E-state index in [1.54, 1.807) is 13.2 Å². The van der Waals surface area contributed by atoms with E-state index in [9.17, 15) is 9.59 Å². The fourth-order valence-corrected chi connectivity index (χ4v) is 4.12. The van der Waals surface area contributed by atoms with Crippen molar-refractivity contribution in [3.63, 3.8) is 0 Å². The largest absolute Gasteiger partial charge is 0.497 e. The third-order valence-electron chi connectivity index (χ3n) is 4.55. The van der Waals surface area contributed by atoms with Crippen LogP contribution in [-0.2, 0) is 9.59 Å². The SMILES string of the molecule is COc1ccc(/C=C2\SC(=S)N(CC(=O)N3CC[NH+](C)CC3)C2=O)cc1. The van der Waals surface area contributed by atoms with Gasteiger partial charge in [0.25, 0.3) is 5.91 Å². The maximum Gasteiger partial charge on any atom is 0.266 e. The number of nitrogens with one attached hydrogen (secondary N) is 1. The summed E-state index contributed by atoms with van der Waals surface area (Å²) in [7, 11) is 3.73. The highest BCUT2D eigenvalue weighted by atomic mass is 32.2. The van der Waals surface area contributed by atoms with Crippen molar-refractivity contribution in [3.8, 4) is 5.75 Å². The zero-order valence-electron chi connectivity index (χ0n) is 14.9. The van der Waals surface area contributed by atoms with Crippen LogP contribution in [0, 0.1) is 0 Å². The number of hydrogen-bond donors (Lipinski definition) is 1. The summed E-state index contributed by atoms with van der Waals surface area (Å²) in [6.45, 7) is 3.33. The van der Waals surface area contributed by atoms with Crippen LogP contribution in [0.5, 0.6) is 5.75 Å². The zero-order valence-corrected chi connectivity index (χ0v) is 16.5. The maximum absolute atomic E-state index is 12.7. The first-order valence-corrected chi connectivity index (χ1v) is 9.69. The van der Waals surface area contributed by atoms with Gasteiger partial charge >= 0.3 is 0 Å². The van der Waals surface area contributed by atoms with Crippen LogP contribution in [0.4, 0.5) is 0 Å². The van der Waals surface area contributed by atoms with Gasteiger partial charge in [-0.2, -0.15) is 0 Å². The molecular weight excluding hydrogens is 370 g/mol. The van der Waals surface area contributed by atoms with E-state index in [0.717, 1.165) is 37.5 Å². The summed E-state index contributed by atoms with van der Waals surface area (Å²) in [5.74, 6) is 0.512. The average molecular weight is 393 g/mol. The lowest BCUT2D eigenvalue weighted by Gasteiger charge is -2.31. The number of benzene rings is 1. The first-order valence-electron chi connectivity index (χ1n) is 8.46. The molecule has 0 bridgehead atoms. The second kappa shape index (κ2) is 8.20. The second-order valence-electron chi connectivity index (χ2n) is 6.38. The number of methoxy groups -OCH3 is 1. The number of carbonyl (C=O) groups is 2. The predicted molar refractivity (Wildman–Crippen MR) is 106 cm³/mol. The molecule has 1 aromatic carbocycles. The Morgan fingerprint density at radius 2 is 1.96 bits per heavy atom. The van der Waals surface area contributed by atoms with E-state index in [-0.39, 0.29) is 18.4 Å². The highest BCUT2D eigenvalue weighted by Gasteiger charge is 2.35. The van der Waals surface area contributed by atoms with Crippen LogP contribution in [0.3, 0.4) is 0 Å². The van der Waals surface area contributed by atoms with E-state index in [0.29, 0.717) is 9.23 Å². The van der Waals surface area contributed by atoms with Gasteiger partial charge in [-0.25, -0.2) is 0 Å². The highest BCUT2D eigenvalue weighted by molar-refractivity contribution is 8.26. The van der Waals surface area contributed by atoms with E-state index in [1.807, 2.05) is 29.2 Å². The lowest BCUT2D eigenvalue weighted by molar-refractivity contribution is -0.883. The minimum atomic E-state index is -0.205. The standard InChI is InChI=1S/C18H21N3O3S2/c1-19-7-9-20(10-8-19)16(22)12-21-17(23)15(26-18(21)25)11-13-3-5-14(24-2)6-4-13/h3-6,11H,7-10,12H2,1-2H3/p+1/b15-11-. The quantitative estimate of drug-likeness (QED) is 0.588.